The van der Waals surface area contributed by atoms with Gasteiger partial charge in [0.1, 0.15) is 5.82 Å². The number of hydrogen-bond donors (Lipinski definition) is 1. The summed E-state index contributed by atoms with van der Waals surface area (Å²) in [5, 5.41) is 0.522. The van der Waals surface area contributed by atoms with Crippen molar-refractivity contribution in [1.29, 1.82) is 0 Å². The Hall–Kier alpha value is -1.00. The maximum atomic E-state index is 5.93. The van der Waals surface area contributed by atoms with E-state index in [2.05, 4.69) is 35.7 Å². The van der Waals surface area contributed by atoms with Crippen molar-refractivity contribution >= 4 is 23.1 Å². The number of nitrogen functional groups attached to an aromatic ring is 1. The van der Waals surface area contributed by atoms with Gasteiger partial charge in [0, 0.05) is 37.9 Å². The van der Waals surface area contributed by atoms with Gasteiger partial charge in [-0.15, -0.1) is 0 Å². The predicted molar refractivity (Wildman–Crippen MR) is 77.1 cm³/mol. The zero-order valence-corrected chi connectivity index (χ0v) is 12.0. The number of nitrogens with zero attached hydrogens (tertiary/aromatic N) is 3. The third kappa shape index (κ3) is 2.70. The molecular formula is C13H21ClN4. The highest BCUT2D eigenvalue weighted by molar-refractivity contribution is 6.32. The Morgan fingerprint density at radius 3 is 2.78 bits per heavy atom. The van der Waals surface area contributed by atoms with E-state index in [1.165, 1.54) is 0 Å². The van der Waals surface area contributed by atoms with Crippen molar-refractivity contribution in [1.82, 2.24) is 9.88 Å². The van der Waals surface area contributed by atoms with Crippen molar-refractivity contribution in [2.75, 3.05) is 37.3 Å². The van der Waals surface area contributed by atoms with Crippen LogP contribution in [0.15, 0.2) is 12.3 Å². The van der Waals surface area contributed by atoms with Crippen LogP contribution in [0.4, 0.5) is 11.5 Å². The summed E-state index contributed by atoms with van der Waals surface area (Å²) in [7, 11) is 2.16. The average molecular weight is 269 g/mol. The monoisotopic (exact) mass is 268 g/mol. The van der Waals surface area contributed by atoms with Gasteiger partial charge in [-0.05, 0) is 13.0 Å². The van der Waals surface area contributed by atoms with Crippen molar-refractivity contribution in [2.24, 2.45) is 5.92 Å². The van der Waals surface area contributed by atoms with Crippen LogP contribution in [0.1, 0.15) is 13.8 Å². The van der Waals surface area contributed by atoms with Gasteiger partial charge in [-0.3, -0.25) is 0 Å². The van der Waals surface area contributed by atoms with Crippen LogP contribution in [0.25, 0.3) is 0 Å². The third-order valence-electron chi connectivity index (χ3n) is 3.56. The summed E-state index contributed by atoms with van der Waals surface area (Å²) >= 11 is 5.93. The highest BCUT2D eigenvalue weighted by Gasteiger charge is 2.28. The van der Waals surface area contributed by atoms with Crippen molar-refractivity contribution in [3.8, 4) is 0 Å². The SMILES string of the molecule is CC(C)C1CN(C)CCN1c1cc(N)c(Cl)cn1. The van der Waals surface area contributed by atoms with E-state index in [9.17, 15) is 0 Å². The fourth-order valence-electron chi connectivity index (χ4n) is 2.41. The molecule has 0 aliphatic carbocycles. The molecule has 100 valence electrons. The van der Waals surface area contributed by atoms with Crippen LogP contribution >= 0.6 is 11.6 Å². The quantitative estimate of drug-likeness (QED) is 0.892. The van der Waals surface area contributed by atoms with E-state index in [1.807, 2.05) is 6.07 Å². The Bertz CT molecular complexity index is 421. The number of anilines is 2. The van der Waals surface area contributed by atoms with Crippen LogP contribution in [0.5, 0.6) is 0 Å². The van der Waals surface area contributed by atoms with Crippen LogP contribution in [0.3, 0.4) is 0 Å². The molecular weight excluding hydrogens is 248 g/mol. The largest absolute Gasteiger partial charge is 0.397 e. The van der Waals surface area contributed by atoms with Gasteiger partial charge in [0.2, 0.25) is 0 Å². The van der Waals surface area contributed by atoms with Crippen molar-refractivity contribution in [3.05, 3.63) is 17.3 Å². The molecule has 1 aliphatic heterocycles. The van der Waals surface area contributed by atoms with E-state index in [1.54, 1.807) is 6.20 Å². The van der Waals surface area contributed by atoms with Crippen LogP contribution in [-0.4, -0.2) is 42.6 Å². The fraction of sp³-hybridized carbons (Fsp3) is 0.615. The topological polar surface area (TPSA) is 45.4 Å². The van der Waals surface area contributed by atoms with Crippen molar-refractivity contribution in [2.45, 2.75) is 19.9 Å². The van der Waals surface area contributed by atoms with E-state index >= 15 is 0 Å². The third-order valence-corrected chi connectivity index (χ3v) is 3.87. The Labute approximate surface area is 114 Å². The van der Waals surface area contributed by atoms with Gasteiger partial charge in [0.05, 0.1) is 10.7 Å². The number of halogens is 1. The molecule has 1 aromatic heterocycles. The van der Waals surface area contributed by atoms with Gasteiger partial charge in [0.15, 0.2) is 0 Å². The smallest absolute Gasteiger partial charge is 0.130 e. The molecule has 2 heterocycles. The molecule has 4 nitrogen and oxygen atoms in total. The summed E-state index contributed by atoms with van der Waals surface area (Å²) in [6.45, 7) is 7.58. The van der Waals surface area contributed by atoms with E-state index in [0.29, 0.717) is 22.7 Å². The number of likely N-dealkylation sites (N-methyl/N-ethyl adjacent to an activating group) is 1. The lowest BCUT2D eigenvalue weighted by Crippen LogP contribution is -2.54. The standard InChI is InChI=1S/C13H21ClN4/c1-9(2)12-8-17(3)4-5-18(12)13-6-11(15)10(14)7-16-13/h6-7,9,12H,4-5,8H2,1-3H3,(H2,15,16). The summed E-state index contributed by atoms with van der Waals surface area (Å²) in [4.78, 5) is 9.12. The van der Waals surface area contributed by atoms with E-state index in [4.69, 9.17) is 17.3 Å². The maximum absolute atomic E-state index is 5.93. The lowest BCUT2D eigenvalue weighted by atomic mass is 10.00. The number of pyridine rings is 1. The minimum absolute atomic E-state index is 0.469. The number of piperazine rings is 1. The summed E-state index contributed by atoms with van der Waals surface area (Å²) in [5.74, 6) is 1.51. The molecule has 0 radical (unpaired) electrons. The van der Waals surface area contributed by atoms with E-state index < -0.39 is 0 Å². The Morgan fingerprint density at radius 2 is 2.17 bits per heavy atom. The average Bonchev–Trinajstić information content (AvgIpc) is 2.32. The molecule has 0 amide bonds. The van der Waals surface area contributed by atoms with Gasteiger partial charge in [-0.2, -0.15) is 0 Å². The molecule has 2 N–H and O–H groups in total. The van der Waals surface area contributed by atoms with E-state index in [0.717, 1.165) is 25.5 Å². The molecule has 2 rings (SSSR count). The Morgan fingerprint density at radius 1 is 1.44 bits per heavy atom. The normalized spacial score (nSPS) is 21.6. The van der Waals surface area contributed by atoms with Crippen LogP contribution in [0, 0.1) is 5.92 Å². The molecule has 1 atom stereocenters. The number of rotatable bonds is 2. The lowest BCUT2D eigenvalue weighted by Gasteiger charge is -2.43. The molecule has 1 unspecified atom stereocenters. The molecule has 0 saturated carbocycles. The van der Waals surface area contributed by atoms with Gasteiger partial charge < -0.3 is 15.5 Å². The second kappa shape index (κ2) is 5.33. The van der Waals surface area contributed by atoms with Gasteiger partial charge in [-0.25, -0.2) is 4.98 Å². The summed E-state index contributed by atoms with van der Waals surface area (Å²) < 4.78 is 0. The van der Waals surface area contributed by atoms with Crippen molar-refractivity contribution < 1.29 is 0 Å². The molecule has 0 spiro atoms. The van der Waals surface area contributed by atoms with Crippen LogP contribution < -0.4 is 10.6 Å². The summed E-state index contributed by atoms with van der Waals surface area (Å²) in [6, 6.07) is 2.35. The van der Waals surface area contributed by atoms with Gasteiger partial charge in [0.25, 0.3) is 0 Å². The van der Waals surface area contributed by atoms with Gasteiger partial charge >= 0.3 is 0 Å². The van der Waals surface area contributed by atoms with E-state index in [-0.39, 0.29) is 0 Å². The summed E-state index contributed by atoms with van der Waals surface area (Å²) in [6.07, 6.45) is 1.64. The summed E-state index contributed by atoms with van der Waals surface area (Å²) in [5.41, 5.74) is 6.47. The predicted octanol–water partition coefficient (Wildman–Crippen LogP) is 2.09. The molecule has 1 fully saturated rings. The number of hydrogen-bond acceptors (Lipinski definition) is 4. The number of nitrogens with two attached hydrogens (primary N) is 1. The fourth-order valence-corrected chi connectivity index (χ4v) is 2.51. The first-order valence-electron chi connectivity index (χ1n) is 6.35. The molecule has 1 aliphatic rings. The molecule has 0 bridgehead atoms. The lowest BCUT2D eigenvalue weighted by molar-refractivity contribution is 0.236. The zero-order valence-electron chi connectivity index (χ0n) is 11.2. The molecule has 18 heavy (non-hydrogen) atoms. The number of aromatic nitrogens is 1. The van der Waals surface area contributed by atoms with Gasteiger partial charge in [-0.1, -0.05) is 25.4 Å². The minimum atomic E-state index is 0.469. The van der Waals surface area contributed by atoms with Crippen molar-refractivity contribution in [3.63, 3.8) is 0 Å². The first kappa shape index (κ1) is 13.4. The second-order valence-corrected chi connectivity index (χ2v) is 5.74. The highest BCUT2D eigenvalue weighted by atomic mass is 35.5. The molecule has 0 aromatic carbocycles. The Balaban J connectivity index is 2.26. The highest BCUT2D eigenvalue weighted by Crippen LogP contribution is 2.27. The Kier molecular flexibility index (Phi) is 3.97. The maximum Gasteiger partial charge on any atom is 0.130 e. The molecule has 5 heteroatoms. The van der Waals surface area contributed by atoms with Crippen LogP contribution in [-0.2, 0) is 0 Å². The molecule has 1 aromatic rings. The first-order chi connectivity index (χ1) is 8.49. The van der Waals surface area contributed by atoms with Crippen LogP contribution in [0.2, 0.25) is 5.02 Å². The second-order valence-electron chi connectivity index (χ2n) is 5.33. The minimum Gasteiger partial charge on any atom is -0.397 e. The zero-order chi connectivity index (χ0) is 13.3. The first-order valence-corrected chi connectivity index (χ1v) is 6.73. The molecule has 1 saturated heterocycles.